The smallest absolute Gasteiger partial charge is 0.273 e. The van der Waals surface area contributed by atoms with Gasteiger partial charge < -0.3 is 5.11 Å². The van der Waals surface area contributed by atoms with Crippen LogP contribution in [0, 0.1) is 0 Å². The molecule has 0 spiro atoms. The quantitative estimate of drug-likeness (QED) is 0.391. The molecule has 1 aliphatic rings. The van der Waals surface area contributed by atoms with Gasteiger partial charge in [0.1, 0.15) is 5.76 Å². The minimum atomic E-state index is -0.581. The highest BCUT2D eigenvalue weighted by molar-refractivity contribution is 5.93. The van der Waals surface area contributed by atoms with E-state index in [-0.39, 0.29) is 5.76 Å². The Hall–Kier alpha value is -1.03. The average molecular weight is 157 g/mol. The summed E-state index contributed by atoms with van der Waals surface area (Å²) in [5.41, 5.74) is 1.83. The van der Waals surface area contributed by atoms with Crippen molar-refractivity contribution in [3.63, 3.8) is 0 Å². The summed E-state index contributed by atoms with van der Waals surface area (Å²) in [5.74, 6) is -0.468. The first-order chi connectivity index (χ1) is 5.25. The number of carbonyl (C=O) groups excluding carboxylic acids is 1. The molecule has 11 heavy (non-hydrogen) atoms. The van der Waals surface area contributed by atoms with Gasteiger partial charge in [-0.25, -0.2) is 5.48 Å². The molecule has 62 valence electrons. The first-order valence-electron chi connectivity index (χ1n) is 3.61. The van der Waals surface area contributed by atoms with Crippen LogP contribution in [0.3, 0.4) is 0 Å². The summed E-state index contributed by atoms with van der Waals surface area (Å²) in [5, 5.41) is 17.4. The van der Waals surface area contributed by atoms with Gasteiger partial charge in [0.25, 0.3) is 5.91 Å². The SMILES string of the molecule is O=C(NO)C1=C(O)CCCC1. The van der Waals surface area contributed by atoms with Crippen LogP contribution in [0.15, 0.2) is 11.3 Å². The van der Waals surface area contributed by atoms with Crippen LogP contribution in [0.25, 0.3) is 0 Å². The largest absolute Gasteiger partial charge is 0.512 e. The van der Waals surface area contributed by atoms with Crippen LogP contribution in [0.4, 0.5) is 0 Å². The lowest BCUT2D eigenvalue weighted by Gasteiger charge is -2.13. The molecule has 0 radical (unpaired) electrons. The lowest BCUT2D eigenvalue weighted by atomic mass is 9.97. The number of allylic oxidation sites excluding steroid dienone is 1. The molecular weight excluding hydrogens is 146 g/mol. The Morgan fingerprint density at radius 3 is 2.55 bits per heavy atom. The van der Waals surface area contributed by atoms with Crippen molar-refractivity contribution < 1.29 is 15.1 Å². The number of amides is 1. The summed E-state index contributed by atoms with van der Waals surface area (Å²) in [7, 11) is 0. The van der Waals surface area contributed by atoms with E-state index in [9.17, 15) is 9.90 Å². The van der Waals surface area contributed by atoms with Crippen molar-refractivity contribution in [3.8, 4) is 0 Å². The molecule has 0 aromatic carbocycles. The number of hydrogen-bond donors (Lipinski definition) is 3. The topological polar surface area (TPSA) is 69.6 Å². The van der Waals surface area contributed by atoms with E-state index in [1.807, 2.05) is 0 Å². The molecule has 0 bridgehead atoms. The van der Waals surface area contributed by atoms with E-state index in [2.05, 4.69) is 0 Å². The van der Waals surface area contributed by atoms with E-state index in [4.69, 9.17) is 5.21 Å². The molecule has 0 heterocycles. The van der Waals surface area contributed by atoms with Crippen molar-refractivity contribution in [2.75, 3.05) is 0 Å². The van der Waals surface area contributed by atoms with E-state index < -0.39 is 5.91 Å². The average Bonchev–Trinajstić information content (AvgIpc) is 2.04. The van der Waals surface area contributed by atoms with Crippen LogP contribution in [0.5, 0.6) is 0 Å². The number of aliphatic hydroxyl groups is 1. The summed E-state index contributed by atoms with van der Waals surface area (Å²) in [6, 6.07) is 0. The van der Waals surface area contributed by atoms with Crippen molar-refractivity contribution in [1.82, 2.24) is 5.48 Å². The van der Waals surface area contributed by atoms with E-state index in [0.717, 1.165) is 12.8 Å². The molecule has 4 heteroatoms. The van der Waals surface area contributed by atoms with Crippen molar-refractivity contribution in [3.05, 3.63) is 11.3 Å². The monoisotopic (exact) mass is 157 g/mol. The summed E-state index contributed by atoms with van der Waals surface area (Å²) >= 11 is 0. The number of rotatable bonds is 1. The number of nitrogens with one attached hydrogen (secondary N) is 1. The van der Waals surface area contributed by atoms with E-state index >= 15 is 0 Å². The number of hydroxylamine groups is 1. The van der Waals surface area contributed by atoms with Gasteiger partial charge in [0, 0.05) is 6.42 Å². The zero-order valence-corrected chi connectivity index (χ0v) is 6.13. The van der Waals surface area contributed by atoms with Crippen molar-refractivity contribution in [2.24, 2.45) is 0 Å². The minimum absolute atomic E-state index is 0.114. The zero-order valence-electron chi connectivity index (χ0n) is 6.13. The van der Waals surface area contributed by atoms with Gasteiger partial charge in [-0.05, 0) is 19.3 Å². The van der Waals surface area contributed by atoms with Crippen molar-refractivity contribution in [2.45, 2.75) is 25.7 Å². The van der Waals surface area contributed by atoms with Gasteiger partial charge in [0.05, 0.1) is 5.57 Å². The highest BCUT2D eigenvalue weighted by Crippen LogP contribution is 2.22. The molecule has 0 atom stereocenters. The molecule has 0 aromatic rings. The fourth-order valence-electron chi connectivity index (χ4n) is 1.20. The van der Waals surface area contributed by atoms with Gasteiger partial charge in [-0.15, -0.1) is 0 Å². The normalized spacial score (nSPS) is 18.3. The van der Waals surface area contributed by atoms with E-state index in [0.29, 0.717) is 18.4 Å². The molecule has 4 nitrogen and oxygen atoms in total. The van der Waals surface area contributed by atoms with Gasteiger partial charge in [0.2, 0.25) is 0 Å². The Bertz CT molecular complexity index is 198. The Balaban J connectivity index is 2.74. The van der Waals surface area contributed by atoms with E-state index in [1.165, 1.54) is 5.48 Å². The molecule has 1 rings (SSSR count). The summed E-state index contributed by atoms with van der Waals surface area (Å²) in [6.07, 6.45) is 2.90. The van der Waals surface area contributed by atoms with Gasteiger partial charge in [-0.2, -0.15) is 0 Å². The Morgan fingerprint density at radius 2 is 2.00 bits per heavy atom. The third kappa shape index (κ3) is 1.71. The summed E-state index contributed by atoms with van der Waals surface area (Å²) in [6.45, 7) is 0. The second kappa shape index (κ2) is 3.39. The lowest BCUT2D eigenvalue weighted by molar-refractivity contribution is -0.125. The van der Waals surface area contributed by atoms with Crippen LogP contribution in [0.1, 0.15) is 25.7 Å². The van der Waals surface area contributed by atoms with Crippen LogP contribution in [0.2, 0.25) is 0 Å². The minimum Gasteiger partial charge on any atom is -0.512 e. The highest BCUT2D eigenvalue weighted by Gasteiger charge is 2.17. The predicted molar refractivity (Wildman–Crippen MR) is 38.1 cm³/mol. The third-order valence-electron chi connectivity index (χ3n) is 1.81. The molecule has 0 aliphatic heterocycles. The molecule has 0 fully saturated rings. The van der Waals surface area contributed by atoms with Crippen LogP contribution in [-0.4, -0.2) is 16.2 Å². The van der Waals surface area contributed by atoms with Crippen LogP contribution >= 0.6 is 0 Å². The summed E-state index contributed by atoms with van der Waals surface area (Å²) in [4.78, 5) is 10.8. The third-order valence-corrected chi connectivity index (χ3v) is 1.81. The second-order valence-corrected chi connectivity index (χ2v) is 2.57. The number of hydrogen-bond acceptors (Lipinski definition) is 3. The Labute approximate surface area is 64.5 Å². The lowest BCUT2D eigenvalue weighted by Crippen LogP contribution is -2.23. The predicted octanol–water partition coefficient (Wildman–Crippen LogP) is 0.878. The fourth-order valence-corrected chi connectivity index (χ4v) is 1.20. The van der Waals surface area contributed by atoms with Gasteiger partial charge in [-0.1, -0.05) is 0 Å². The maximum absolute atomic E-state index is 10.8. The molecule has 3 N–H and O–H groups in total. The maximum Gasteiger partial charge on any atom is 0.273 e. The molecule has 1 amide bonds. The van der Waals surface area contributed by atoms with Gasteiger partial charge in [-0.3, -0.25) is 10.0 Å². The van der Waals surface area contributed by atoms with Gasteiger partial charge >= 0.3 is 0 Å². The summed E-state index contributed by atoms with van der Waals surface area (Å²) < 4.78 is 0. The first-order valence-corrected chi connectivity index (χ1v) is 3.61. The standard InChI is InChI=1S/C7H11NO3/c9-6-4-2-1-3-5(6)7(10)8-11/h9,11H,1-4H2,(H,8,10). The first kappa shape index (κ1) is 8.07. The number of carbonyl (C=O) groups is 1. The van der Waals surface area contributed by atoms with E-state index in [1.54, 1.807) is 0 Å². The highest BCUT2D eigenvalue weighted by atomic mass is 16.5. The van der Waals surface area contributed by atoms with Crippen molar-refractivity contribution in [1.29, 1.82) is 0 Å². The number of aliphatic hydroxyl groups excluding tert-OH is 1. The van der Waals surface area contributed by atoms with Crippen LogP contribution in [-0.2, 0) is 4.79 Å². The van der Waals surface area contributed by atoms with Gasteiger partial charge in [0.15, 0.2) is 0 Å². The zero-order chi connectivity index (χ0) is 8.27. The van der Waals surface area contributed by atoms with Crippen molar-refractivity contribution >= 4 is 5.91 Å². The molecule has 0 aromatic heterocycles. The Kier molecular flexibility index (Phi) is 2.48. The Morgan fingerprint density at radius 1 is 1.36 bits per heavy atom. The molecule has 0 saturated heterocycles. The molecule has 0 unspecified atom stereocenters. The molecular formula is C7H11NO3. The maximum atomic E-state index is 10.8. The second-order valence-electron chi connectivity index (χ2n) is 2.57. The van der Waals surface area contributed by atoms with Crippen LogP contribution < -0.4 is 5.48 Å². The fraction of sp³-hybridized carbons (Fsp3) is 0.571. The molecule has 0 saturated carbocycles. The molecule has 1 aliphatic carbocycles.